The minimum Gasteiger partial charge on any atom is -0.366 e. The highest BCUT2D eigenvalue weighted by Crippen LogP contribution is 2.44. The molecule has 0 fully saturated rings. The van der Waals surface area contributed by atoms with Gasteiger partial charge >= 0.3 is 0 Å². The second kappa shape index (κ2) is 8.98. The van der Waals surface area contributed by atoms with E-state index in [-0.39, 0.29) is 17.0 Å². The quantitative estimate of drug-likeness (QED) is 0.466. The van der Waals surface area contributed by atoms with Crippen LogP contribution in [-0.2, 0) is 11.2 Å². The zero-order chi connectivity index (χ0) is 22.8. The van der Waals surface area contributed by atoms with Crippen LogP contribution in [0, 0.1) is 18.3 Å². The molecule has 0 aromatic heterocycles. The van der Waals surface area contributed by atoms with Crippen LogP contribution in [0.5, 0.6) is 0 Å². The largest absolute Gasteiger partial charge is 0.366 e. The summed E-state index contributed by atoms with van der Waals surface area (Å²) in [5.41, 5.74) is 6.57. The Hall–Kier alpha value is -3.06. The molecule has 1 N–H and O–H groups in total. The van der Waals surface area contributed by atoms with E-state index in [0.717, 1.165) is 41.8 Å². The van der Waals surface area contributed by atoms with Crippen molar-refractivity contribution >= 4 is 23.4 Å². The molecule has 0 spiro atoms. The third kappa shape index (κ3) is 4.51. The number of para-hydroxylation sites is 1. The maximum absolute atomic E-state index is 12.9. The van der Waals surface area contributed by atoms with Crippen LogP contribution in [0.15, 0.2) is 42.0 Å². The first kappa shape index (κ1) is 22.6. The number of nitriles is 1. The molecule has 0 saturated heterocycles. The van der Waals surface area contributed by atoms with E-state index in [4.69, 9.17) is 0 Å². The molecule has 0 saturated carbocycles. The summed E-state index contributed by atoms with van der Waals surface area (Å²) in [7, 11) is 0. The van der Waals surface area contributed by atoms with E-state index in [1.165, 1.54) is 11.3 Å². The Morgan fingerprint density at radius 2 is 2.00 bits per heavy atom. The summed E-state index contributed by atoms with van der Waals surface area (Å²) >= 11 is 0. The highest BCUT2D eigenvalue weighted by molar-refractivity contribution is 6.10. The van der Waals surface area contributed by atoms with Gasteiger partial charge in [0.2, 0.25) is 0 Å². The number of carbonyl (C=O) groups excluding carboxylic acids is 1. The number of nitrogens with zero attached hydrogens (tertiary/aromatic N) is 2. The Bertz CT molecular complexity index is 1060. The fourth-order valence-electron chi connectivity index (χ4n) is 4.85. The first-order valence-electron chi connectivity index (χ1n) is 11.1. The van der Waals surface area contributed by atoms with Gasteiger partial charge in [-0.05, 0) is 93.0 Å². The molecule has 0 aliphatic carbocycles. The fraction of sp³-hybridized carbons (Fsp3) is 0.407. The van der Waals surface area contributed by atoms with Crippen molar-refractivity contribution in [3.63, 3.8) is 0 Å². The zero-order valence-corrected chi connectivity index (χ0v) is 19.5. The number of rotatable bonds is 5. The summed E-state index contributed by atoms with van der Waals surface area (Å²) in [6.45, 7) is 14.1. The average Bonchev–Trinajstić information content (AvgIpc) is 2.72. The number of hydrogen-bond donors (Lipinski definition) is 1. The van der Waals surface area contributed by atoms with Crippen LogP contribution < -0.4 is 10.2 Å². The minimum atomic E-state index is -0.370. The maximum atomic E-state index is 12.9. The molecule has 2 aromatic carbocycles. The summed E-state index contributed by atoms with van der Waals surface area (Å²) < 4.78 is 0. The van der Waals surface area contributed by atoms with Gasteiger partial charge in [-0.3, -0.25) is 4.79 Å². The van der Waals surface area contributed by atoms with E-state index in [9.17, 15) is 10.1 Å². The Kier molecular flexibility index (Phi) is 6.55. The highest BCUT2D eigenvalue weighted by atomic mass is 16.1. The molecule has 1 atom stereocenters. The normalized spacial score (nSPS) is 17.6. The zero-order valence-electron chi connectivity index (χ0n) is 19.5. The van der Waals surface area contributed by atoms with Gasteiger partial charge in [0.25, 0.3) is 5.91 Å². The van der Waals surface area contributed by atoms with Gasteiger partial charge in [0.1, 0.15) is 11.6 Å². The standard InChI is InChI=1S/C27H33N3O/c1-7-20-11-9-10-12-24(20)29-26(31)22(17-28)14-21-15-23-19(4)16-27(5,6)30(8-2)25(23)13-18(21)3/h9-15,19H,7-8,16H2,1-6H3,(H,29,31)/b22-14-/t19-/m1/s1. The van der Waals surface area contributed by atoms with Gasteiger partial charge in [-0.15, -0.1) is 0 Å². The smallest absolute Gasteiger partial charge is 0.266 e. The second-order valence-electron chi connectivity index (χ2n) is 9.06. The van der Waals surface area contributed by atoms with E-state index >= 15 is 0 Å². The van der Waals surface area contributed by atoms with Crippen molar-refractivity contribution in [1.82, 2.24) is 0 Å². The van der Waals surface area contributed by atoms with Crippen LogP contribution in [0.25, 0.3) is 6.08 Å². The molecule has 0 unspecified atom stereocenters. The molecule has 1 aliphatic rings. The molecular weight excluding hydrogens is 382 g/mol. The Balaban J connectivity index is 1.98. The molecule has 1 aliphatic heterocycles. The SMILES string of the molecule is CCc1ccccc1NC(=O)/C(C#N)=C\c1cc2c(cc1C)N(CC)C(C)(C)C[C@H]2C. The number of benzene rings is 2. The summed E-state index contributed by atoms with van der Waals surface area (Å²) in [6.07, 6.45) is 3.61. The van der Waals surface area contributed by atoms with Gasteiger partial charge in [-0.1, -0.05) is 32.0 Å². The van der Waals surface area contributed by atoms with Crippen molar-refractivity contribution in [1.29, 1.82) is 5.26 Å². The molecule has 0 radical (unpaired) electrons. The fourth-order valence-corrected chi connectivity index (χ4v) is 4.85. The number of carbonyl (C=O) groups is 1. The molecule has 4 heteroatoms. The Labute approximate surface area is 186 Å². The molecule has 162 valence electrons. The first-order valence-corrected chi connectivity index (χ1v) is 11.1. The summed E-state index contributed by atoms with van der Waals surface area (Å²) in [6, 6.07) is 14.2. The van der Waals surface area contributed by atoms with Gasteiger partial charge < -0.3 is 10.2 Å². The van der Waals surface area contributed by atoms with Crippen LogP contribution in [0.4, 0.5) is 11.4 Å². The van der Waals surface area contributed by atoms with Crippen molar-refractivity contribution in [3.05, 3.63) is 64.2 Å². The van der Waals surface area contributed by atoms with Gasteiger partial charge in [-0.25, -0.2) is 0 Å². The molecule has 4 nitrogen and oxygen atoms in total. The van der Waals surface area contributed by atoms with E-state index in [1.807, 2.05) is 38.1 Å². The van der Waals surface area contributed by atoms with E-state index < -0.39 is 0 Å². The molecule has 0 bridgehead atoms. The third-order valence-corrected chi connectivity index (χ3v) is 6.40. The van der Waals surface area contributed by atoms with Crippen LogP contribution in [0.1, 0.15) is 69.2 Å². The number of aryl methyl sites for hydroxylation is 2. The lowest BCUT2D eigenvalue weighted by molar-refractivity contribution is -0.112. The van der Waals surface area contributed by atoms with Crippen LogP contribution in [0.3, 0.4) is 0 Å². The topological polar surface area (TPSA) is 56.1 Å². The van der Waals surface area contributed by atoms with Crippen molar-refractivity contribution < 1.29 is 4.79 Å². The molecule has 1 heterocycles. The predicted octanol–water partition coefficient (Wildman–Crippen LogP) is 6.22. The van der Waals surface area contributed by atoms with Crippen molar-refractivity contribution in [2.24, 2.45) is 0 Å². The lowest BCUT2D eigenvalue weighted by Crippen LogP contribution is -2.48. The maximum Gasteiger partial charge on any atom is 0.266 e. The summed E-state index contributed by atoms with van der Waals surface area (Å²) in [5, 5.41) is 12.6. The Morgan fingerprint density at radius 1 is 1.29 bits per heavy atom. The van der Waals surface area contributed by atoms with Crippen molar-refractivity contribution in [2.45, 2.75) is 65.8 Å². The van der Waals surface area contributed by atoms with Gasteiger partial charge in [-0.2, -0.15) is 5.26 Å². The number of hydrogen-bond acceptors (Lipinski definition) is 3. The van der Waals surface area contributed by atoms with Gasteiger partial charge in [0.15, 0.2) is 0 Å². The number of nitrogens with one attached hydrogen (secondary N) is 1. The number of anilines is 2. The third-order valence-electron chi connectivity index (χ3n) is 6.40. The molecular formula is C27H33N3O. The predicted molar refractivity (Wildman–Crippen MR) is 129 cm³/mol. The van der Waals surface area contributed by atoms with Gasteiger partial charge in [0, 0.05) is 23.5 Å². The molecule has 31 heavy (non-hydrogen) atoms. The van der Waals surface area contributed by atoms with Crippen molar-refractivity contribution in [2.75, 3.05) is 16.8 Å². The van der Waals surface area contributed by atoms with E-state index in [0.29, 0.717) is 5.92 Å². The number of fused-ring (bicyclic) bond motifs is 1. The average molecular weight is 416 g/mol. The lowest BCUT2D eigenvalue weighted by Gasteiger charge is -2.47. The van der Waals surface area contributed by atoms with Crippen molar-refractivity contribution in [3.8, 4) is 6.07 Å². The lowest BCUT2D eigenvalue weighted by atomic mass is 9.79. The molecule has 1 amide bonds. The van der Waals surface area contributed by atoms with Crippen LogP contribution in [0.2, 0.25) is 0 Å². The monoisotopic (exact) mass is 415 g/mol. The summed E-state index contributed by atoms with van der Waals surface area (Å²) in [5.74, 6) is 0.0428. The minimum absolute atomic E-state index is 0.106. The molecule has 3 rings (SSSR count). The summed E-state index contributed by atoms with van der Waals surface area (Å²) in [4.78, 5) is 15.3. The highest BCUT2D eigenvalue weighted by Gasteiger charge is 2.35. The second-order valence-corrected chi connectivity index (χ2v) is 9.06. The number of amides is 1. The molecule has 2 aromatic rings. The van der Waals surface area contributed by atoms with Crippen LogP contribution in [-0.4, -0.2) is 18.0 Å². The van der Waals surface area contributed by atoms with E-state index in [2.05, 4.69) is 56.1 Å². The van der Waals surface area contributed by atoms with Gasteiger partial charge in [0.05, 0.1) is 0 Å². The first-order chi connectivity index (χ1) is 14.7. The van der Waals surface area contributed by atoms with Crippen LogP contribution >= 0.6 is 0 Å². The van der Waals surface area contributed by atoms with E-state index in [1.54, 1.807) is 6.08 Å². The Morgan fingerprint density at radius 3 is 2.65 bits per heavy atom.